The van der Waals surface area contributed by atoms with E-state index in [4.69, 9.17) is 9.94 Å². The fourth-order valence-electron chi connectivity index (χ4n) is 1.85. The third kappa shape index (κ3) is 1.62. The number of benzene rings is 1. The van der Waals surface area contributed by atoms with Crippen molar-refractivity contribution in [2.45, 2.75) is 13.5 Å². The van der Waals surface area contributed by atoms with Crippen LogP contribution in [0, 0.1) is 0 Å². The fourth-order valence-corrected chi connectivity index (χ4v) is 1.85. The Hall–Kier alpha value is -1.97. The molecule has 2 rings (SSSR count). The Labute approximate surface area is 93.7 Å². The summed E-state index contributed by atoms with van der Waals surface area (Å²) in [5.41, 5.74) is 1.98. The van der Waals surface area contributed by atoms with Crippen LogP contribution in [-0.2, 0) is 6.54 Å². The summed E-state index contributed by atoms with van der Waals surface area (Å²) in [5, 5.41) is 12.7. The summed E-state index contributed by atoms with van der Waals surface area (Å²) in [6.07, 6.45) is 3.41. The van der Waals surface area contributed by atoms with Crippen LogP contribution < -0.4 is 4.74 Å². The minimum absolute atomic E-state index is 0.827. The van der Waals surface area contributed by atoms with Gasteiger partial charge in [-0.1, -0.05) is 5.16 Å². The molecule has 2 aromatic rings. The van der Waals surface area contributed by atoms with Gasteiger partial charge in [-0.05, 0) is 19.1 Å². The van der Waals surface area contributed by atoms with E-state index >= 15 is 0 Å². The van der Waals surface area contributed by atoms with Crippen molar-refractivity contribution in [3.8, 4) is 5.75 Å². The van der Waals surface area contributed by atoms with Crippen LogP contribution in [0.25, 0.3) is 10.9 Å². The Morgan fingerprint density at radius 1 is 1.50 bits per heavy atom. The third-order valence-corrected chi connectivity index (χ3v) is 2.66. The number of aryl methyl sites for hydroxylation is 1. The van der Waals surface area contributed by atoms with Gasteiger partial charge < -0.3 is 14.5 Å². The SMILES string of the molecule is CCn1cc(C=NO)c2ccc(OC)cc21. The molecule has 0 amide bonds. The molecular formula is C12H14N2O2. The monoisotopic (exact) mass is 218 g/mol. The number of oxime groups is 1. The van der Waals surface area contributed by atoms with Gasteiger partial charge in [0.25, 0.3) is 0 Å². The lowest BCUT2D eigenvalue weighted by molar-refractivity contribution is 0.322. The highest BCUT2D eigenvalue weighted by atomic mass is 16.5. The molecule has 1 N–H and O–H groups in total. The quantitative estimate of drug-likeness (QED) is 0.488. The molecule has 0 fully saturated rings. The zero-order chi connectivity index (χ0) is 11.5. The summed E-state index contributed by atoms with van der Waals surface area (Å²) in [6.45, 7) is 2.93. The van der Waals surface area contributed by atoms with Crippen LogP contribution in [0.15, 0.2) is 29.6 Å². The molecule has 0 saturated carbocycles. The first-order chi connectivity index (χ1) is 7.80. The Kier molecular flexibility index (Phi) is 2.81. The van der Waals surface area contributed by atoms with E-state index in [0.29, 0.717) is 0 Å². The maximum atomic E-state index is 8.60. The van der Waals surface area contributed by atoms with Crippen molar-refractivity contribution in [2.24, 2.45) is 5.16 Å². The van der Waals surface area contributed by atoms with Crippen molar-refractivity contribution in [1.82, 2.24) is 4.57 Å². The van der Waals surface area contributed by atoms with E-state index in [-0.39, 0.29) is 0 Å². The molecule has 0 spiro atoms. The molecule has 1 heterocycles. The molecule has 0 radical (unpaired) electrons. The van der Waals surface area contributed by atoms with E-state index in [1.165, 1.54) is 6.21 Å². The van der Waals surface area contributed by atoms with E-state index in [9.17, 15) is 0 Å². The number of fused-ring (bicyclic) bond motifs is 1. The zero-order valence-electron chi connectivity index (χ0n) is 9.34. The van der Waals surface area contributed by atoms with E-state index in [2.05, 4.69) is 16.6 Å². The van der Waals surface area contributed by atoms with E-state index in [1.54, 1.807) is 7.11 Å². The van der Waals surface area contributed by atoms with Gasteiger partial charge in [0.1, 0.15) is 5.75 Å². The number of hydrogen-bond donors (Lipinski definition) is 1. The highest BCUT2D eigenvalue weighted by Gasteiger charge is 2.07. The van der Waals surface area contributed by atoms with Gasteiger partial charge in [0.15, 0.2) is 0 Å². The van der Waals surface area contributed by atoms with Crippen molar-refractivity contribution in [2.75, 3.05) is 7.11 Å². The van der Waals surface area contributed by atoms with Gasteiger partial charge >= 0.3 is 0 Å². The molecule has 0 bridgehead atoms. The van der Waals surface area contributed by atoms with Gasteiger partial charge in [-0.2, -0.15) is 0 Å². The van der Waals surface area contributed by atoms with Crippen molar-refractivity contribution >= 4 is 17.1 Å². The maximum absolute atomic E-state index is 8.60. The summed E-state index contributed by atoms with van der Waals surface area (Å²) in [5.74, 6) is 0.827. The number of methoxy groups -OCH3 is 1. The number of nitrogens with zero attached hydrogens (tertiary/aromatic N) is 2. The molecule has 4 heteroatoms. The summed E-state index contributed by atoms with van der Waals surface area (Å²) in [6, 6.07) is 5.85. The van der Waals surface area contributed by atoms with Gasteiger partial charge in [-0.3, -0.25) is 0 Å². The van der Waals surface area contributed by atoms with Crippen LogP contribution in [0.2, 0.25) is 0 Å². The molecule has 1 aromatic carbocycles. The molecule has 84 valence electrons. The zero-order valence-corrected chi connectivity index (χ0v) is 9.34. The predicted octanol–water partition coefficient (Wildman–Crippen LogP) is 2.48. The van der Waals surface area contributed by atoms with Crippen LogP contribution in [0.4, 0.5) is 0 Å². The Morgan fingerprint density at radius 3 is 2.94 bits per heavy atom. The minimum Gasteiger partial charge on any atom is -0.497 e. The number of ether oxygens (including phenoxy) is 1. The van der Waals surface area contributed by atoms with Gasteiger partial charge in [0.2, 0.25) is 0 Å². The van der Waals surface area contributed by atoms with Gasteiger partial charge in [0.05, 0.1) is 18.8 Å². The Balaban J connectivity index is 2.69. The van der Waals surface area contributed by atoms with E-state index in [1.807, 2.05) is 24.4 Å². The number of aromatic nitrogens is 1. The molecule has 0 saturated heterocycles. The second-order valence-electron chi connectivity index (χ2n) is 3.50. The van der Waals surface area contributed by atoms with Crippen molar-refractivity contribution in [3.63, 3.8) is 0 Å². The van der Waals surface area contributed by atoms with Gasteiger partial charge in [0, 0.05) is 29.8 Å². The molecule has 0 aliphatic heterocycles. The Morgan fingerprint density at radius 2 is 2.31 bits per heavy atom. The second kappa shape index (κ2) is 4.26. The summed E-state index contributed by atoms with van der Waals surface area (Å²) >= 11 is 0. The molecule has 0 unspecified atom stereocenters. The highest BCUT2D eigenvalue weighted by molar-refractivity contribution is 5.99. The van der Waals surface area contributed by atoms with Gasteiger partial charge in [-0.15, -0.1) is 0 Å². The normalized spacial score (nSPS) is 11.4. The number of hydrogen-bond acceptors (Lipinski definition) is 3. The first-order valence-electron chi connectivity index (χ1n) is 5.14. The minimum atomic E-state index is 0.827. The smallest absolute Gasteiger partial charge is 0.120 e. The topological polar surface area (TPSA) is 46.8 Å². The lowest BCUT2D eigenvalue weighted by Gasteiger charge is -2.02. The van der Waals surface area contributed by atoms with Crippen LogP contribution in [-0.4, -0.2) is 23.1 Å². The molecule has 0 atom stereocenters. The molecule has 1 aromatic heterocycles. The fraction of sp³-hybridized carbons (Fsp3) is 0.250. The van der Waals surface area contributed by atoms with E-state index < -0.39 is 0 Å². The van der Waals surface area contributed by atoms with Crippen molar-refractivity contribution in [1.29, 1.82) is 0 Å². The summed E-state index contributed by atoms with van der Waals surface area (Å²) < 4.78 is 7.29. The summed E-state index contributed by atoms with van der Waals surface area (Å²) in [4.78, 5) is 0. The largest absolute Gasteiger partial charge is 0.497 e. The average Bonchev–Trinajstić information content (AvgIpc) is 2.67. The van der Waals surface area contributed by atoms with Crippen LogP contribution in [0.5, 0.6) is 5.75 Å². The molecule has 0 aliphatic carbocycles. The van der Waals surface area contributed by atoms with Crippen LogP contribution in [0.3, 0.4) is 0 Å². The van der Waals surface area contributed by atoms with Gasteiger partial charge in [-0.25, -0.2) is 0 Å². The molecule has 16 heavy (non-hydrogen) atoms. The lowest BCUT2D eigenvalue weighted by atomic mass is 10.2. The molecular weight excluding hydrogens is 204 g/mol. The van der Waals surface area contributed by atoms with Crippen molar-refractivity contribution in [3.05, 3.63) is 30.0 Å². The lowest BCUT2D eigenvalue weighted by Crippen LogP contribution is -1.91. The van der Waals surface area contributed by atoms with E-state index in [0.717, 1.165) is 28.8 Å². The third-order valence-electron chi connectivity index (χ3n) is 2.66. The van der Waals surface area contributed by atoms with Crippen molar-refractivity contribution < 1.29 is 9.94 Å². The Bertz CT molecular complexity index is 529. The first-order valence-corrected chi connectivity index (χ1v) is 5.14. The molecule has 4 nitrogen and oxygen atoms in total. The predicted molar refractivity (Wildman–Crippen MR) is 63.5 cm³/mol. The first kappa shape index (κ1) is 10.5. The van der Waals surface area contributed by atoms with Crippen LogP contribution >= 0.6 is 0 Å². The molecule has 0 aliphatic rings. The average molecular weight is 218 g/mol. The second-order valence-corrected chi connectivity index (χ2v) is 3.50. The standard InChI is InChI=1S/C12H14N2O2/c1-3-14-8-9(7-13-15)11-5-4-10(16-2)6-12(11)14/h4-8,15H,3H2,1-2H3. The number of rotatable bonds is 3. The van der Waals surface area contributed by atoms with Crippen LogP contribution in [0.1, 0.15) is 12.5 Å². The highest BCUT2D eigenvalue weighted by Crippen LogP contribution is 2.24. The maximum Gasteiger partial charge on any atom is 0.120 e. The summed E-state index contributed by atoms with van der Waals surface area (Å²) in [7, 11) is 1.65.